The molecule has 0 radical (unpaired) electrons. The Kier molecular flexibility index (Phi) is 5.30. The fraction of sp³-hybridized carbons (Fsp3) is 0.500. The molecule has 7 nitrogen and oxygen atoms in total. The number of nitrogens with zero attached hydrogens (tertiary/aromatic N) is 5. The minimum atomic E-state index is -0.256. The van der Waals surface area contributed by atoms with Gasteiger partial charge in [0.25, 0.3) is 0 Å². The Hall–Kier alpha value is -2.83. The number of aromatic nitrogens is 2. The summed E-state index contributed by atoms with van der Waals surface area (Å²) in [6.45, 7) is 10.4. The summed E-state index contributed by atoms with van der Waals surface area (Å²) >= 11 is 0. The molecule has 1 atom stereocenters. The molecule has 7 heteroatoms. The topological polar surface area (TPSA) is 61.7 Å². The lowest BCUT2D eigenvalue weighted by Crippen LogP contribution is -2.51. The van der Waals surface area contributed by atoms with Gasteiger partial charge in [0, 0.05) is 63.8 Å². The van der Waals surface area contributed by atoms with Gasteiger partial charge in [-0.15, -0.1) is 0 Å². The third-order valence-electron chi connectivity index (χ3n) is 6.18. The van der Waals surface area contributed by atoms with Crippen LogP contribution in [0.25, 0.3) is 0 Å². The van der Waals surface area contributed by atoms with Crippen LogP contribution in [0.15, 0.2) is 30.6 Å². The largest absolute Gasteiger partial charge is 0.339 e. The molecular weight excluding hydrogens is 366 g/mol. The van der Waals surface area contributed by atoms with E-state index in [0.717, 1.165) is 36.8 Å². The van der Waals surface area contributed by atoms with Crippen LogP contribution in [-0.2, 0) is 16.1 Å². The molecule has 0 saturated carbocycles. The van der Waals surface area contributed by atoms with Gasteiger partial charge < -0.3 is 19.3 Å². The molecule has 4 rings (SSSR count). The summed E-state index contributed by atoms with van der Waals surface area (Å²) in [5.74, 6) is 0.850. The van der Waals surface area contributed by atoms with Crippen LogP contribution in [0.5, 0.6) is 0 Å². The van der Waals surface area contributed by atoms with Crippen molar-refractivity contribution in [2.45, 2.75) is 33.7 Å². The van der Waals surface area contributed by atoms with Gasteiger partial charge in [-0.2, -0.15) is 0 Å². The molecule has 29 heavy (non-hydrogen) atoms. The van der Waals surface area contributed by atoms with E-state index in [0.29, 0.717) is 26.1 Å². The number of benzene rings is 1. The second-order valence-corrected chi connectivity index (χ2v) is 8.00. The quantitative estimate of drug-likeness (QED) is 0.796. The van der Waals surface area contributed by atoms with Crippen molar-refractivity contribution >= 4 is 23.5 Å². The summed E-state index contributed by atoms with van der Waals surface area (Å²) < 4.78 is 2.12. The Balaban J connectivity index is 1.38. The lowest BCUT2D eigenvalue weighted by molar-refractivity contribution is -0.136. The van der Waals surface area contributed by atoms with Crippen molar-refractivity contribution in [1.82, 2.24) is 14.5 Å². The zero-order valence-corrected chi connectivity index (χ0v) is 17.5. The van der Waals surface area contributed by atoms with Crippen LogP contribution in [0.1, 0.15) is 24.5 Å². The molecule has 1 unspecified atom stereocenters. The van der Waals surface area contributed by atoms with E-state index in [-0.39, 0.29) is 17.7 Å². The number of amides is 2. The van der Waals surface area contributed by atoms with Crippen LogP contribution in [-0.4, -0.2) is 59.0 Å². The number of imidazole rings is 1. The number of hydrogen-bond donors (Lipinski definition) is 0. The minimum Gasteiger partial charge on any atom is -0.339 e. The van der Waals surface area contributed by atoms with Gasteiger partial charge in [-0.05, 0) is 44.0 Å². The highest BCUT2D eigenvalue weighted by Gasteiger charge is 2.38. The summed E-state index contributed by atoms with van der Waals surface area (Å²) in [5.41, 5.74) is 3.26. The van der Waals surface area contributed by atoms with E-state index >= 15 is 0 Å². The van der Waals surface area contributed by atoms with Crippen LogP contribution in [0, 0.1) is 19.8 Å². The Morgan fingerprint density at radius 3 is 2.59 bits per heavy atom. The monoisotopic (exact) mass is 395 g/mol. The highest BCUT2D eigenvalue weighted by Crippen LogP contribution is 2.28. The van der Waals surface area contributed by atoms with Crippen molar-refractivity contribution in [1.29, 1.82) is 0 Å². The number of carbonyl (C=O) groups is 2. The van der Waals surface area contributed by atoms with Crippen molar-refractivity contribution in [3.05, 3.63) is 41.7 Å². The van der Waals surface area contributed by atoms with Gasteiger partial charge in [-0.25, -0.2) is 4.98 Å². The fourth-order valence-electron chi connectivity index (χ4n) is 4.23. The van der Waals surface area contributed by atoms with Crippen molar-refractivity contribution in [3.8, 4) is 0 Å². The molecule has 2 saturated heterocycles. The second kappa shape index (κ2) is 7.89. The fourth-order valence-corrected chi connectivity index (χ4v) is 4.23. The zero-order valence-electron chi connectivity index (χ0n) is 17.5. The summed E-state index contributed by atoms with van der Waals surface area (Å²) in [6, 6.07) is 6.04. The predicted octanol–water partition coefficient (Wildman–Crippen LogP) is 2.22. The van der Waals surface area contributed by atoms with Crippen LogP contribution in [0.3, 0.4) is 0 Å². The number of anilines is 2. The maximum Gasteiger partial charge on any atom is 0.228 e. The Bertz CT molecular complexity index is 914. The van der Waals surface area contributed by atoms with E-state index in [2.05, 4.69) is 28.3 Å². The first kappa shape index (κ1) is 19.5. The lowest BCUT2D eigenvalue weighted by Gasteiger charge is -2.36. The van der Waals surface area contributed by atoms with E-state index < -0.39 is 0 Å². The van der Waals surface area contributed by atoms with Crippen molar-refractivity contribution in [2.75, 3.05) is 42.5 Å². The van der Waals surface area contributed by atoms with Crippen LogP contribution >= 0.6 is 0 Å². The van der Waals surface area contributed by atoms with E-state index in [1.807, 2.05) is 42.4 Å². The third kappa shape index (κ3) is 3.73. The Morgan fingerprint density at radius 1 is 1.14 bits per heavy atom. The summed E-state index contributed by atoms with van der Waals surface area (Å²) in [5, 5.41) is 0. The maximum absolute atomic E-state index is 13.1. The summed E-state index contributed by atoms with van der Waals surface area (Å²) in [4.78, 5) is 36.0. The minimum absolute atomic E-state index is 0.0372. The van der Waals surface area contributed by atoms with Gasteiger partial charge in [-0.3, -0.25) is 9.59 Å². The number of hydrogen-bond acceptors (Lipinski definition) is 4. The standard InChI is InChI=1S/C22H29N5O2/c1-4-24-8-7-23-22(24)26-11-9-25(10-12-26)21(29)18-14-20(28)27(15-18)19-6-5-16(2)17(3)13-19/h5-8,13,18H,4,9-12,14-15H2,1-3H3. The molecule has 2 aromatic rings. The first-order valence-electron chi connectivity index (χ1n) is 10.4. The molecule has 0 N–H and O–H groups in total. The molecule has 0 aliphatic carbocycles. The molecule has 2 aliphatic heterocycles. The number of aryl methyl sites for hydroxylation is 3. The van der Waals surface area contributed by atoms with Gasteiger partial charge in [0.15, 0.2) is 0 Å². The van der Waals surface area contributed by atoms with Crippen LogP contribution < -0.4 is 9.80 Å². The van der Waals surface area contributed by atoms with Gasteiger partial charge in [0.1, 0.15) is 0 Å². The van der Waals surface area contributed by atoms with E-state index in [4.69, 9.17) is 0 Å². The first-order chi connectivity index (χ1) is 14.0. The van der Waals surface area contributed by atoms with E-state index in [1.165, 1.54) is 5.56 Å². The average Bonchev–Trinajstić information content (AvgIpc) is 3.36. The van der Waals surface area contributed by atoms with Crippen molar-refractivity contribution in [2.24, 2.45) is 5.92 Å². The normalized spacial score (nSPS) is 19.9. The lowest BCUT2D eigenvalue weighted by atomic mass is 10.1. The smallest absolute Gasteiger partial charge is 0.228 e. The highest BCUT2D eigenvalue weighted by atomic mass is 16.2. The Morgan fingerprint density at radius 2 is 1.90 bits per heavy atom. The molecule has 1 aromatic heterocycles. The molecule has 2 amide bonds. The average molecular weight is 396 g/mol. The van der Waals surface area contributed by atoms with Crippen LogP contribution in [0.2, 0.25) is 0 Å². The van der Waals surface area contributed by atoms with Crippen molar-refractivity contribution in [3.63, 3.8) is 0 Å². The summed E-state index contributed by atoms with van der Waals surface area (Å²) in [6.07, 6.45) is 4.10. The molecule has 2 fully saturated rings. The molecule has 0 bridgehead atoms. The van der Waals surface area contributed by atoms with Gasteiger partial charge in [-0.1, -0.05) is 6.07 Å². The first-order valence-corrected chi connectivity index (χ1v) is 10.4. The third-order valence-corrected chi connectivity index (χ3v) is 6.18. The van der Waals surface area contributed by atoms with E-state index in [1.54, 1.807) is 4.90 Å². The predicted molar refractivity (Wildman–Crippen MR) is 113 cm³/mol. The number of rotatable bonds is 4. The van der Waals surface area contributed by atoms with Gasteiger partial charge >= 0.3 is 0 Å². The second-order valence-electron chi connectivity index (χ2n) is 8.00. The van der Waals surface area contributed by atoms with Gasteiger partial charge in [0.05, 0.1) is 5.92 Å². The number of carbonyl (C=O) groups excluding carboxylic acids is 2. The zero-order chi connectivity index (χ0) is 20.5. The molecule has 1 aromatic carbocycles. The van der Waals surface area contributed by atoms with Crippen LogP contribution in [0.4, 0.5) is 11.6 Å². The SMILES string of the molecule is CCn1ccnc1N1CCN(C(=O)C2CC(=O)N(c3ccc(C)c(C)c3)C2)CC1. The molecule has 2 aliphatic rings. The van der Waals surface area contributed by atoms with E-state index in [9.17, 15) is 9.59 Å². The molecule has 154 valence electrons. The Labute approximate surface area is 171 Å². The molecule has 3 heterocycles. The highest BCUT2D eigenvalue weighted by molar-refractivity contribution is 6.00. The number of piperazine rings is 1. The maximum atomic E-state index is 13.1. The van der Waals surface area contributed by atoms with Crippen molar-refractivity contribution < 1.29 is 9.59 Å². The van der Waals surface area contributed by atoms with Gasteiger partial charge in [0.2, 0.25) is 17.8 Å². The molecular formula is C22H29N5O2. The summed E-state index contributed by atoms with van der Waals surface area (Å²) in [7, 11) is 0. The molecule has 0 spiro atoms.